The van der Waals surface area contributed by atoms with Gasteiger partial charge in [-0.15, -0.1) is 4.99 Å². The van der Waals surface area contributed by atoms with Crippen LogP contribution in [-0.4, -0.2) is 108 Å². The van der Waals surface area contributed by atoms with Crippen LogP contribution in [0.5, 0.6) is 0 Å². The zero-order chi connectivity index (χ0) is 31.9. The summed E-state index contributed by atoms with van der Waals surface area (Å²) >= 11 is 0. The molecule has 42 heavy (non-hydrogen) atoms. The zero-order valence-electron chi connectivity index (χ0n) is 23.6. The molecule has 1 aromatic rings. The third-order valence-electron chi connectivity index (χ3n) is 5.23. The van der Waals surface area contributed by atoms with Gasteiger partial charge in [0.25, 0.3) is 0 Å². The molecule has 0 aliphatic heterocycles. The summed E-state index contributed by atoms with van der Waals surface area (Å²) in [4.78, 5) is 53.2. The number of esters is 1. The summed E-state index contributed by atoms with van der Waals surface area (Å²) in [5.41, 5.74) is 12.4. The molecule has 0 spiro atoms. The van der Waals surface area contributed by atoms with Gasteiger partial charge in [0, 0.05) is 19.1 Å². The van der Waals surface area contributed by atoms with Crippen LogP contribution in [0, 0.1) is 0 Å². The molecule has 0 heterocycles. The van der Waals surface area contributed by atoms with Crippen molar-refractivity contribution in [3.63, 3.8) is 0 Å². The van der Waals surface area contributed by atoms with Crippen LogP contribution in [0.1, 0.15) is 25.3 Å². The van der Waals surface area contributed by atoms with Crippen molar-refractivity contribution < 1.29 is 50.2 Å². The van der Waals surface area contributed by atoms with Gasteiger partial charge in [0.1, 0.15) is 25.9 Å². The molecule has 3 amide bonds. The van der Waals surface area contributed by atoms with Gasteiger partial charge < -0.3 is 31.0 Å². The Bertz CT molecular complexity index is 1320. The largest absolute Gasteiger partial charge is 0.459 e. The monoisotopic (exact) mass is 635 g/mol. The predicted molar refractivity (Wildman–Crippen MR) is 151 cm³/mol. The molecule has 2 atom stereocenters. The Labute approximate surface area is 244 Å². The average molecular weight is 636 g/mol. The van der Waals surface area contributed by atoms with E-state index in [2.05, 4.69) is 15.0 Å². The number of hydrogen-bond acceptors (Lipinski definition) is 12. The number of hydrogen-bond donors (Lipinski definition) is 3. The molecule has 1 rings (SSSR count). The summed E-state index contributed by atoms with van der Waals surface area (Å²) in [7, 11) is -6.87. The molecule has 0 fully saturated rings. The van der Waals surface area contributed by atoms with E-state index in [4.69, 9.17) is 20.9 Å². The van der Waals surface area contributed by atoms with Gasteiger partial charge in [0.05, 0.1) is 17.5 Å². The van der Waals surface area contributed by atoms with Crippen molar-refractivity contribution in [2.75, 3.05) is 43.8 Å². The fourth-order valence-corrected chi connectivity index (χ4v) is 3.73. The number of nitrogens with one attached hydrogen (secondary N) is 1. The molecule has 236 valence electrons. The van der Waals surface area contributed by atoms with Crippen molar-refractivity contribution in [3.8, 4) is 0 Å². The number of carbonyl (C=O) groups is 4. The first-order chi connectivity index (χ1) is 19.5. The van der Waals surface area contributed by atoms with Crippen LogP contribution < -0.4 is 16.8 Å². The smallest absolute Gasteiger partial charge is 0.436 e. The van der Waals surface area contributed by atoms with Crippen molar-refractivity contribution >= 4 is 49.7 Å². The molecule has 16 nitrogen and oxygen atoms in total. The fraction of sp³-hybridized carbons (Fsp3) is 0.542. The van der Waals surface area contributed by atoms with E-state index < -0.39 is 86.5 Å². The van der Waals surface area contributed by atoms with E-state index in [-0.39, 0.29) is 26.0 Å². The van der Waals surface area contributed by atoms with Gasteiger partial charge in [-0.2, -0.15) is 0 Å². The van der Waals surface area contributed by atoms with Crippen LogP contribution in [-0.2, 0) is 50.1 Å². The maximum absolute atomic E-state index is 12.5. The molecular weight excluding hydrogens is 598 g/mol. The molecular formula is C24H37N5O11S2. The number of ether oxygens (including phenoxy) is 3. The van der Waals surface area contributed by atoms with Gasteiger partial charge in [-0.05, 0) is 25.3 Å². The molecule has 0 unspecified atom stereocenters. The summed E-state index contributed by atoms with van der Waals surface area (Å²) in [5, 5.41) is 2.44. The first-order valence-corrected chi connectivity index (χ1v) is 16.7. The SMILES string of the molecule is C[C@H](NC(=O)[C@@H](N)CCCN(C(=O)OCCS(C)(=O)=O)/C(N)=N/C(=O)OCCS(C)(=O)=O)C(=O)OCc1ccccc1. The number of sulfone groups is 2. The van der Waals surface area contributed by atoms with Gasteiger partial charge in [0.15, 0.2) is 19.7 Å². The number of rotatable bonds is 15. The summed E-state index contributed by atoms with van der Waals surface area (Å²) in [6, 6.07) is 6.83. The Balaban J connectivity index is 2.72. The Morgan fingerprint density at radius 3 is 2.10 bits per heavy atom. The van der Waals surface area contributed by atoms with Crippen molar-refractivity contribution in [2.45, 2.75) is 38.5 Å². The highest BCUT2D eigenvalue weighted by atomic mass is 32.2. The number of guanidine groups is 1. The average Bonchev–Trinajstić information content (AvgIpc) is 2.88. The molecule has 0 saturated carbocycles. The molecule has 0 aromatic heterocycles. The third kappa shape index (κ3) is 15.9. The number of carbonyl (C=O) groups excluding carboxylic acids is 4. The number of aliphatic imine (C=N–C) groups is 1. The quantitative estimate of drug-likeness (QED) is 0.0937. The van der Waals surface area contributed by atoms with E-state index in [1.165, 1.54) is 6.92 Å². The Morgan fingerprint density at radius 2 is 1.52 bits per heavy atom. The number of nitrogens with zero attached hydrogens (tertiary/aromatic N) is 2. The van der Waals surface area contributed by atoms with E-state index in [0.717, 1.165) is 18.1 Å². The predicted octanol–water partition coefficient (Wildman–Crippen LogP) is -0.679. The van der Waals surface area contributed by atoms with Crippen molar-refractivity contribution in [1.82, 2.24) is 10.2 Å². The highest BCUT2D eigenvalue weighted by Crippen LogP contribution is 2.05. The number of benzene rings is 1. The maximum atomic E-state index is 12.5. The lowest BCUT2D eigenvalue weighted by molar-refractivity contribution is -0.148. The standard InChI is InChI=1S/C24H37N5O11S2/c1-17(21(31)40-16-18-8-5-4-6-9-18)27-20(30)19(25)10-7-11-29(24(33)39-13-15-42(3,36)37)22(26)28-23(32)38-12-14-41(2,34)35/h4-6,8-9,17,19H,7,10-16,25H2,1-3H3,(H,27,30)(H2,26,28,32)/t17-,19-/m0/s1. The highest BCUT2D eigenvalue weighted by Gasteiger charge is 2.24. The minimum atomic E-state index is -3.45. The molecule has 0 aliphatic rings. The van der Waals surface area contributed by atoms with Gasteiger partial charge in [-0.1, -0.05) is 30.3 Å². The normalized spacial score (nSPS) is 13.4. The molecule has 18 heteroatoms. The number of nitrogens with two attached hydrogens (primary N) is 2. The van der Waals surface area contributed by atoms with Crippen LogP contribution in [0.25, 0.3) is 0 Å². The topological polar surface area (TPSA) is 244 Å². The summed E-state index contributed by atoms with van der Waals surface area (Å²) < 4.78 is 59.7. The Hall–Kier alpha value is -3.77. The van der Waals surface area contributed by atoms with Crippen molar-refractivity contribution in [2.24, 2.45) is 16.5 Å². The van der Waals surface area contributed by atoms with E-state index in [9.17, 15) is 36.0 Å². The van der Waals surface area contributed by atoms with Gasteiger partial charge in [0.2, 0.25) is 11.9 Å². The van der Waals surface area contributed by atoms with Crippen LogP contribution in [0.3, 0.4) is 0 Å². The maximum Gasteiger partial charge on any atom is 0.436 e. The summed E-state index contributed by atoms with van der Waals surface area (Å²) in [6.45, 7) is 0.170. The van der Waals surface area contributed by atoms with Crippen LogP contribution in [0.4, 0.5) is 9.59 Å². The van der Waals surface area contributed by atoms with Crippen LogP contribution in [0.15, 0.2) is 35.3 Å². The van der Waals surface area contributed by atoms with Gasteiger partial charge in [-0.3, -0.25) is 4.79 Å². The third-order valence-corrected chi connectivity index (χ3v) is 7.05. The lowest BCUT2D eigenvalue weighted by atomic mass is 10.1. The second-order valence-corrected chi connectivity index (χ2v) is 13.7. The lowest BCUT2D eigenvalue weighted by Gasteiger charge is -2.22. The molecule has 0 radical (unpaired) electrons. The van der Waals surface area contributed by atoms with Crippen LogP contribution in [0.2, 0.25) is 0 Å². The minimum Gasteiger partial charge on any atom is -0.459 e. The fourth-order valence-electron chi connectivity index (χ4n) is 2.96. The van der Waals surface area contributed by atoms with E-state index >= 15 is 0 Å². The van der Waals surface area contributed by atoms with E-state index in [1.807, 2.05) is 6.07 Å². The molecule has 0 bridgehead atoms. The minimum absolute atomic E-state index is 0.0170. The van der Waals surface area contributed by atoms with Crippen LogP contribution >= 0.6 is 0 Å². The van der Waals surface area contributed by atoms with Gasteiger partial charge >= 0.3 is 18.2 Å². The van der Waals surface area contributed by atoms with Gasteiger partial charge in [-0.25, -0.2) is 36.1 Å². The summed E-state index contributed by atoms with van der Waals surface area (Å²) in [6.07, 6.45) is -0.530. The zero-order valence-corrected chi connectivity index (χ0v) is 25.2. The molecule has 0 saturated heterocycles. The van der Waals surface area contributed by atoms with Crippen molar-refractivity contribution in [3.05, 3.63) is 35.9 Å². The molecule has 5 N–H and O–H groups in total. The summed E-state index contributed by atoms with van der Waals surface area (Å²) in [5.74, 6) is -2.97. The lowest BCUT2D eigenvalue weighted by Crippen LogP contribution is -2.48. The number of amides is 3. The highest BCUT2D eigenvalue weighted by molar-refractivity contribution is 7.90. The Morgan fingerprint density at radius 1 is 0.952 bits per heavy atom. The molecule has 1 aromatic carbocycles. The second-order valence-electron chi connectivity index (χ2n) is 9.18. The molecule has 0 aliphatic carbocycles. The Kier molecular flexibility index (Phi) is 14.9. The first-order valence-electron chi connectivity index (χ1n) is 12.6. The first kappa shape index (κ1) is 36.3. The van der Waals surface area contributed by atoms with E-state index in [0.29, 0.717) is 4.90 Å². The van der Waals surface area contributed by atoms with E-state index in [1.54, 1.807) is 24.3 Å². The van der Waals surface area contributed by atoms with Crippen molar-refractivity contribution in [1.29, 1.82) is 0 Å². The second kappa shape index (κ2) is 17.2.